The molecular formula is C16H21N3O2S. The summed E-state index contributed by atoms with van der Waals surface area (Å²) in [5.74, 6) is -0.129. The van der Waals surface area contributed by atoms with Gasteiger partial charge in [-0.25, -0.2) is 4.98 Å². The lowest BCUT2D eigenvalue weighted by Gasteiger charge is -2.13. The fourth-order valence-electron chi connectivity index (χ4n) is 3.11. The molecule has 0 saturated carbocycles. The predicted molar refractivity (Wildman–Crippen MR) is 88.4 cm³/mol. The average molecular weight is 319 g/mol. The molecule has 0 fully saturated rings. The van der Waals surface area contributed by atoms with Gasteiger partial charge in [0.2, 0.25) is 5.91 Å². The molecule has 0 spiro atoms. The number of hydrogen-bond donors (Lipinski definition) is 1. The van der Waals surface area contributed by atoms with Crippen LogP contribution in [0.4, 0.5) is 0 Å². The largest absolute Gasteiger partial charge is 0.352 e. The topological polar surface area (TPSA) is 64.0 Å². The number of thiophene rings is 1. The maximum atomic E-state index is 12.6. The van der Waals surface area contributed by atoms with E-state index in [2.05, 4.69) is 17.2 Å². The first-order valence-electron chi connectivity index (χ1n) is 7.89. The number of rotatable bonds is 5. The highest BCUT2D eigenvalue weighted by atomic mass is 32.1. The first-order chi connectivity index (χ1) is 10.6. The maximum Gasteiger partial charge on any atom is 0.262 e. The van der Waals surface area contributed by atoms with E-state index in [4.69, 9.17) is 0 Å². The summed E-state index contributed by atoms with van der Waals surface area (Å²) < 4.78 is 1.43. The fourth-order valence-corrected chi connectivity index (χ4v) is 4.33. The molecule has 0 aromatic carbocycles. The van der Waals surface area contributed by atoms with E-state index in [0.29, 0.717) is 0 Å². The molecule has 0 saturated heterocycles. The Hall–Kier alpha value is -1.69. The lowest BCUT2D eigenvalue weighted by Crippen LogP contribution is -2.37. The molecule has 2 aromatic rings. The van der Waals surface area contributed by atoms with Crippen molar-refractivity contribution in [2.45, 2.75) is 58.5 Å². The van der Waals surface area contributed by atoms with Crippen LogP contribution in [-0.2, 0) is 24.2 Å². The summed E-state index contributed by atoms with van der Waals surface area (Å²) >= 11 is 1.62. The standard InChI is InChI=1S/C16H21N3O2S/c1-3-5-10(2)18-13(20)8-19-9-17-15-14(16(19)21)11-6-4-7-12(11)22-15/h9-10H,3-8H2,1-2H3,(H,18,20). The van der Waals surface area contributed by atoms with E-state index in [1.165, 1.54) is 15.8 Å². The van der Waals surface area contributed by atoms with Crippen LogP contribution in [0.25, 0.3) is 10.2 Å². The molecule has 0 aliphatic heterocycles. The van der Waals surface area contributed by atoms with Gasteiger partial charge >= 0.3 is 0 Å². The van der Waals surface area contributed by atoms with Gasteiger partial charge in [0.05, 0.1) is 11.7 Å². The lowest BCUT2D eigenvalue weighted by atomic mass is 10.2. The zero-order valence-electron chi connectivity index (χ0n) is 13.0. The molecule has 1 aliphatic carbocycles. The third-order valence-corrected chi connectivity index (χ3v) is 5.33. The van der Waals surface area contributed by atoms with Gasteiger partial charge in [0.25, 0.3) is 5.56 Å². The number of aryl methyl sites for hydroxylation is 2. The number of carbonyl (C=O) groups is 1. The van der Waals surface area contributed by atoms with Crippen molar-refractivity contribution < 1.29 is 4.79 Å². The Bertz CT molecular complexity index is 763. The van der Waals surface area contributed by atoms with Crippen LogP contribution in [0.2, 0.25) is 0 Å². The Morgan fingerprint density at radius 1 is 1.50 bits per heavy atom. The van der Waals surface area contributed by atoms with Gasteiger partial charge in [-0.3, -0.25) is 14.2 Å². The number of carbonyl (C=O) groups excluding carboxylic acids is 1. The van der Waals surface area contributed by atoms with Crippen LogP contribution in [0.15, 0.2) is 11.1 Å². The highest BCUT2D eigenvalue weighted by Crippen LogP contribution is 2.34. The molecule has 22 heavy (non-hydrogen) atoms. The van der Waals surface area contributed by atoms with Crippen molar-refractivity contribution >= 4 is 27.5 Å². The van der Waals surface area contributed by atoms with E-state index in [1.54, 1.807) is 11.3 Å². The molecule has 118 valence electrons. The maximum absolute atomic E-state index is 12.6. The molecule has 1 atom stereocenters. The number of hydrogen-bond acceptors (Lipinski definition) is 4. The summed E-state index contributed by atoms with van der Waals surface area (Å²) in [5.41, 5.74) is 1.08. The van der Waals surface area contributed by atoms with Crippen molar-refractivity contribution in [1.29, 1.82) is 0 Å². The lowest BCUT2D eigenvalue weighted by molar-refractivity contribution is -0.122. The molecule has 1 aliphatic rings. The zero-order valence-corrected chi connectivity index (χ0v) is 13.8. The molecule has 1 N–H and O–H groups in total. The van der Waals surface area contributed by atoms with E-state index in [1.807, 2.05) is 6.92 Å². The van der Waals surface area contributed by atoms with Gasteiger partial charge in [0, 0.05) is 10.9 Å². The number of aromatic nitrogens is 2. The van der Waals surface area contributed by atoms with E-state index >= 15 is 0 Å². The van der Waals surface area contributed by atoms with Crippen LogP contribution in [0.3, 0.4) is 0 Å². The second-order valence-corrected chi connectivity index (χ2v) is 7.06. The minimum atomic E-state index is -0.129. The average Bonchev–Trinajstić information content (AvgIpc) is 3.02. The summed E-state index contributed by atoms with van der Waals surface area (Å²) in [7, 11) is 0. The molecule has 6 heteroatoms. The van der Waals surface area contributed by atoms with E-state index in [9.17, 15) is 9.59 Å². The van der Waals surface area contributed by atoms with Crippen molar-refractivity contribution in [3.8, 4) is 0 Å². The van der Waals surface area contributed by atoms with Crippen molar-refractivity contribution in [3.63, 3.8) is 0 Å². The van der Waals surface area contributed by atoms with Crippen LogP contribution in [0, 0.1) is 0 Å². The molecule has 0 bridgehead atoms. The van der Waals surface area contributed by atoms with Gasteiger partial charge < -0.3 is 5.32 Å². The van der Waals surface area contributed by atoms with Gasteiger partial charge in [-0.1, -0.05) is 13.3 Å². The third kappa shape index (κ3) is 2.79. The monoisotopic (exact) mass is 319 g/mol. The van der Waals surface area contributed by atoms with Crippen molar-refractivity contribution in [2.75, 3.05) is 0 Å². The number of nitrogens with one attached hydrogen (secondary N) is 1. The van der Waals surface area contributed by atoms with Crippen molar-refractivity contribution in [1.82, 2.24) is 14.9 Å². The summed E-state index contributed by atoms with van der Waals surface area (Å²) in [6.45, 7) is 4.11. The number of amides is 1. The van der Waals surface area contributed by atoms with Gasteiger partial charge in [0.1, 0.15) is 11.4 Å². The predicted octanol–water partition coefficient (Wildman–Crippen LogP) is 2.25. The third-order valence-electron chi connectivity index (χ3n) is 4.13. The molecule has 0 radical (unpaired) electrons. The first kappa shape index (κ1) is 15.2. The Balaban J connectivity index is 1.84. The number of nitrogens with zero attached hydrogens (tertiary/aromatic N) is 2. The molecular weight excluding hydrogens is 298 g/mol. The van der Waals surface area contributed by atoms with Crippen LogP contribution in [0.5, 0.6) is 0 Å². The van der Waals surface area contributed by atoms with Gasteiger partial charge in [0.15, 0.2) is 0 Å². The van der Waals surface area contributed by atoms with Gasteiger partial charge in [-0.2, -0.15) is 0 Å². The van der Waals surface area contributed by atoms with E-state index < -0.39 is 0 Å². The SMILES string of the molecule is CCCC(C)NC(=O)Cn1cnc2sc3c(c2c1=O)CCC3. The van der Waals surface area contributed by atoms with E-state index in [0.717, 1.165) is 47.9 Å². The van der Waals surface area contributed by atoms with Crippen LogP contribution >= 0.6 is 11.3 Å². The summed E-state index contributed by atoms with van der Waals surface area (Å²) in [5, 5.41) is 3.66. The minimum Gasteiger partial charge on any atom is -0.352 e. The Morgan fingerprint density at radius 3 is 3.09 bits per heavy atom. The summed E-state index contributed by atoms with van der Waals surface area (Å²) in [4.78, 5) is 31.2. The van der Waals surface area contributed by atoms with Crippen LogP contribution < -0.4 is 10.9 Å². The zero-order chi connectivity index (χ0) is 15.7. The molecule has 5 nitrogen and oxygen atoms in total. The van der Waals surface area contributed by atoms with Gasteiger partial charge in [-0.05, 0) is 38.2 Å². The highest BCUT2D eigenvalue weighted by molar-refractivity contribution is 7.18. The van der Waals surface area contributed by atoms with Gasteiger partial charge in [-0.15, -0.1) is 11.3 Å². The fraction of sp³-hybridized carbons (Fsp3) is 0.562. The van der Waals surface area contributed by atoms with Crippen molar-refractivity contribution in [2.24, 2.45) is 0 Å². The Morgan fingerprint density at radius 2 is 2.32 bits per heavy atom. The van der Waals surface area contributed by atoms with Crippen LogP contribution in [0.1, 0.15) is 43.6 Å². The summed E-state index contributed by atoms with van der Waals surface area (Å²) in [6, 6.07) is 0.135. The minimum absolute atomic E-state index is 0.0421. The smallest absolute Gasteiger partial charge is 0.262 e. The molecule has 1 amide bonds. The Labute approximate surface area is 133 Å². The quantitative estimate of drug-likeness (QED) is 0.919. The molecule has 3 rings (SSSR count). The molecule has 1 unspecified atom stereocenters. The molecule has 2 aromatic heterocycles. The second-order valence-electron chi connectivity index (χ2n) is 5.97. The molecule has 2 heterocycles. The Kier molecular flexibility index (Phi) is 4.29. The first-order valence-corrected chi connectivity index (χ1v) is 8.70. The van der Waals surface area contributed by atoms with Crippen LogP contribution in [-0.4, -0.2) is 21.5 Å². The highest BCUT2D eigenvalue weighted by Gasteiger charge is 2.21. The second kappa shape index (κ2) is 6.20. The van der Waals surface area contributed by atoms with Crippen molar-refractivity contribution in [3.05, 3.63) is 27.1 Å². The summed E-state index contributed by atoms with van der Waals surface area (Å²) in [6.07, 6.45) is 6.58. The number of fused-ring (bicyclic) bond motifs is 3. The normalized spacial score (nSPS) is 15.0. The van der Waals surface area contributed by atoms with E-state index in [-0.39, 0.29) is 24.1 Å².